The molecule has 8 N–H and O–H groups in total. The summed E-state index contributed by atoms with van der Waals surface area (Å²) in [4.78, 5) is 49.9. The first kappa shape index (κ1) is 29.8. The molecule has 0 saturated heterocycles. The van der Waals surface area contributed by atoms with E-state index in [1.54, 1.807) is 13.0 Å². The van der Waals surface area contributed by atoms with E-state index in [2.05, 4.69) is 21.5 Å². The Labute approximate surface area is 231 Å². The zero-order valence-electron chi connectivity index (χ0n) is 22.0. The SMILES string of the molecule is CC[C@@H](N)C(=O)NNC(=O)N[C@@H](Cc1ccc(-c2ccccc2)cc1)C(=O)N[C@@H](Cc1cccc(F)c1)C(N)=O. The van der Waals surface area contributed by atoms with E-state index in [0.717, 1.165) is 16.7 Å². The summed E-state index contributed by atoms with van der Waals surface area (Å²) in [7, 11) is 0. The van der Waals surface area contributed by atoms with Crippen LogP contribution in [0.1, 0.15) is 24.5 Å². The van der Waals surface area contributed by atoms with E-state index in [0.29, 0.717) is 12.0 Å². The topological polar surface area (TPSA) is 168 Å². The van der Waals surface area contributed by atoms with Crippen molar-refractivity contribution < 1.29 is 23.6 Å². The number of benzene rings is 3. The highest BCUT2D eigenvalue weighted by Crippen LogP contribution is 2.20. The molecule has 11 heteroatoms. The molecule has 0 bridgehead atoms. The van der Waals surface area contributed by atoms with Gasteiger partial charge >= 0.3 is 6.03 Å². The Balaban J connectivity index is 1.76. The molecule has 0 heterocycles. The summed E-state index contributed by atoms with van der Waals surface area (Å²) in [5, 5.41) is 5.07. The van der Waals surface area contributed by atoms with E-state index < -0.39 is 47.7 Å². The molecule has 0 spiro atoms. The fourth-order valence-corrected chi connectivity index (χ4v) is 3.89. The maximum Gasteiger partial charge on any atom is 0.334 e. The highest BCUT2D eigenvalue weighted by atomic mass is 19.1. The lowest BCUT2D eigenvalue weighted by Gasteiger charge is -2.23. The molecule has 0 fully saturated rings. The molecule has 0 aromatic heterocycles. The summed E-state index contributed by atoms with van der Waals surface area (Å²) >= 11 is 0. The molecule has 3 rings (SSSR count). The first-order chi connectivity index (χ1) is 19.2. The average molecular weight is 549 g/mol. The zero-order valence-corrected chi connectivity index (χ0v) is 22.0. The number of nitrogens with one attached hydrogen (secondary N) is 4. The van der Waals surface area contributed by atoms with Crippen LogP contribution in [0.2, 0.25) is 0 Å². The lowest BCUT2D eigenvalue weighted by Crippen LogP contribution is -2.58. The third kappa shape index (κ3) is 8.91. The summed E-state index contributed by atoms with van der Waals surface area (Å²) in [6.07, 6.45) is 0.371. The fourth-order valence-electron chi connectivity index (χ4n) is 3.89. The molecule has 0 aliphatic heterocycles. The molecule has 0 radical (unpaired) electrons. The molecule has 0 aliphatic carbocycles. The van der Waals surface area contributed by atoms with Crippen LogP contribution in [0.4, 0.5) is 9.18 Å². The Morgan fingerprint density at radius 1 is 0.750 bits per heavy atom. The molecule has 210 valence electrons. The Bertz CT molecular complexity index is 1320. The van der Waals surface area contributed by atoms with Gasteiger partial charge in [-0.1, -0.05) is 73.7 Å². The summed E-state index contributed by atoms with van der Waals surface area (Å²) in [6.45, 7) is 1.72. The van der Waals surface area contributed by atoms with Crippen LogP contribution in [-0.4, -0.2) is 41.9 Å². The van der Waals surface area contributed by atoms with Gasteiger partial charge in [-0.3, -0.25) is 19.8 Å². The van der Waals surface area contributed by atoms with E-state index >= 15 is 0 Å². The summed E-state index contributed by atoms with van der Waals surface area (Å²) in [6, 6.07) is 18.7. The van der Waals surface area contributed by atoms with Crippen LogP contribution in [0.3, 0.4) is 0 Å². The molecule has 40 heavy (non-hydrogen) atoms. The highest BCUT2D eigenvalue weighted by molar-refractivity contribution is 5.92. The van der Waals surface area contributed by atoms with E-state index in [9.17, 15) is 23.6 Å². The van der Waals surface area contributed by atoms with Crippen molar-refractivity contribution in [3.8, 4) is 11.1 Å². The number of hydrogen-bond donors (Lipinski definition) is 6. The number of nitrogens with two attached hydrogens (primary N) is 2. The highest BCUT2D eigenvalue weighted by Gasteiger charge is 2.27. The molecule has 5 amide bonds. The summed E-state index contributed by atoms with van der Waals surface area (Å²) < 4.78 is 13.6. The van der Waals surface area contributed by atoms with Gasteiger partial charge in [-0.15, -0.1) is 0 Å². The maximum absolute atomic E-state index is 13.6. The van der Waals surface area contributed by atoms with Crippen molar-refractivity contribution in [1.82, 2.24) is 21.5 Å². The molecule has 0 unspecified atom stereocenters. The van der Waals surface area contributed by atoms with E-state index in [4.69, 9.17) is 11.5 Å². The van der Waals surface area contributed by atoms with Crippen LogP contribution in [0, 0.1) is 5.82 Å². The number of hydrogen-bond acceptors (Lipinski definition) is 5. The molecular weight excluding hydrogens is 515 g/mol. The number of carbonyl (C=O) groups excluding carboxylic acids is 4. The molecule has 3 atom stereocenters. The van der Waals surface area contributed by atoms with Gasteiger partial charge in [0.05, 0.1) is 6.04 Å². The average Bonchev–Trinajstić information content (AvgIpc) is 2.95. The van der Waals surface area contributed by atoms with Crippen LogP contribution in [0.5, 0.6) is 0 Å². The van der Waals surface area contributed by atoms with Crippen LogP contribution < -0.4 is 33.0 Å². The van der Waals surface area contributed by atoms with Gasteiger partial charge in [-0.05, 0) is 40.8 Å². The van der Waals surface area contributed by atoms with Gasteiger partial charge in [-0.25, -0.2) is 14.6 Å². The van der Waals surface area contributed by atoms with Crippen LogP contribution >= 0.6 is 0 Å². The van der Waals surface area contributed by atoms with Crippen molar-refractivity contribution >= 4 is 23.8 Å². The number of primary amides is 1. The first-order valence-electron chi connectivity index (χ1n) is 12.8. The van der Waals surface area contributed by atoms with Gasteiger partial charge in [0.15, 0.2) is 0 Å². The summed E-state index contributed by atoms with van der Waals surface area (Å²) in [5.41, 5.74) is 18.7. The van der Waals surface area contributed by atoms with Gasteiger partial charge in [0.2, 0.25) is 11.8 Å². The minimum atomic E-state index is -1.16. The van der Waals surface area contributed by atoms with Crippen molar-refractivity contribution in [2.24, 2.45) is 11.5 Å². The van der Waals surface area contributed by atoms with Gasteiger partial charge in [0.1, 0.15) is 17.9 Å². The Morgan fingerprint density at radius 3 is 2.02 bits per heavy atom. The second-order valence-electron chi connectivity index (χ2n) is 9.22. The summed E-state index contributed by atoms with van der Waals surface area (Å²) in [5.74, 6) is -2.61. The second-order valence-corrected chi connectivity index (χ2v) is 9.22. The van der Waals surface area contributed by atoms with Gasteiger partial charge in [0.25, 0.3) is 5.91 Å². The zero-order chi connectivity index (χ0) is 29.1. The standard InChI is InChI=1S/C29H33FN6O4/c1-2-23(31)27(38)35-36-29(40)34-25(16-18-11-13-21(14-12-18)20-8-4-3-5-9-20)28(39)33-24(26(32)37)17-19-7-6-10-22(30)15-19/h3-15,23-25H,2,16-17,31H2,1H3,(H2,32,37)(H,33,39)(H,35,38)(H2,34,36,40)/t23-,24+,25+/m1/s1. The lowest BCUT2D eigenvalue weighted by atomic mass is 9.99. The lowest BCUT2D eigenvalue weighted by molar-refractivity contribution is -0.128. The largest absolute Gasteiger partial charge is 0.368 e. The Hall–Kier alpha value is -4.77. The van der Waals surface area contributed by atoms with Crippen molar-refractivity contribution in [2.75, 3.05) is 0 Å². The Morgan fingerprint density at radius 2 is 1.40 bits per heavy atom. The number of rotatable bonds is 11. The van der Waals surface area contributed by atoms with E-state index in [1.807, 2.05) is 54.6 Å². The van der Waals surface area contributed by atoms with Crippen molar-refractivity contribution in [3.05, 3.63) is 95.8 Å². The van der Waals surface area contributed by atoms with Crippen LogP contribution in [0.25, 0.3) is 11.1 Å². The predicted octanol–water partition coefficient (Wildman–Crippen LogP) is 1.68. The smallest absolute Gasteiger partial charge is 0.334 e. The molecular formula is C29H33FN6O4. The van der Waals surface area contributed by atoms with Crippen molar-refractivity contribution in [1.29, 1.82) is 0 Å². The van der Waals surface area contributed by atoms with Gasteiger partial charge in [-0.2, -0.15) is 0 Å². The third-order valence-electron chi connectivity index (χ3n) is 6.19. The van der Waals surface area contributed by atoms with E-state index in [1.165, 1.54) is 18.2 Å². The number of amides is 5. The van der Waals surface area contributed by atoms with Crippen LogP contribution in [-0.2, 0) is 27.2 Å². The van der Waals surface area contributed by atoms with Gasteiger partial charge < -0.3 is 22.1 Å². The number of hydrazine groups is 1. The molecule has 0 aliphatic rings. The minimum Gasteiger partial charge on any atom is -0.368 e. The Kier molecular flexibility index (Phi) is 10.7. The number of urea groups is 1. The fraction of sp³-hybridized carbons (Fsp3) is 0.241. The number of carbonyl (C=O) groups is 4. The first-order valence-corrected chi connectivity index (χ1v) is 12.8. The minimum absolute atomic E-state index is 0.0471. The molecule has 0 saturated carbocycles. The molecule has 3 aromatic rings. The van der Waals surface area contributed by atoms with Crippen molar-refractivity contribution in [3.63, 3.8) is 0 Å². The van der Waals surface area contributed by atoms with Crippen molar-refractivity contribution in [2.45, 2.75) is 44.3 Å². The second kappa shape index (κ2) is 14.4. The molecule has 10 nitrogen and oxygen atoms in total. The van der Waals surface area contributed by atoms with Crippen LogP contribution in [0.15, 0.2) is 78.9 Å². The predicted molar refractivity (Wildman–Crippen MR) is 149 cm³/mol. The monoisotopic (exact) mass is 548 g/mol. The molecule has 3 aromatic carbocycles. The quantitative estimate of drug-likeness (QED) is 0.200. The van der Waals surface area contributed by atoms with E-state index in [-0.39, 0.29) is 12.8 Å². The van der Waals surface area contributed by atoms with Gasteiger partial charge in [0, 0.05) is 12.8 Å². The normalized spacial score (nSPS) is 12.9. The number of halogens is 1. The maximum atomic E-state index is 13.6. The third-order valence-corrected chi connectivity index (χ3v) is 6.19.